The number of carbonyl (C=O) groups excluding carboxylic acids is 2. The summed E-state index contributed by atoms with van der Waals surface area (Å²) in [5.41, 5.74) is 0. The molecule has 0 rings (SSSR count). The molecule has 0 saturated heterocycles. The van der Waals surface area contributed by atoms with Crippen molar-refractivity contribution in [1.29, 1.82) is 0 Å². The van der Waals surface area contributed by atoms with Crippen LogP contribution in [0.3, 0.4) is 0 Å². The Bertz CT molecular complexity index is 327. The Labute approximate surface area is 134 Å². The first-order valence-electron chi connectivity index (χ1n) is 8.06. The molecule has 0 amide bonds. The van der Waals surface area contributed by atoms with E-state index in [-0.39, 0.29) is 6.10 Å². The van der Waals surface area contributed by atoms with E-state index in [1.54, 1.807) is 0 Å². The molecule has 2 atom stereocenters. The zero-order valence-corrected chi connectivity index (χ0v) is 14.1. The Morgan fingerprint density at radius 2 is 1.82 bits per heavy atom. The van der Waals surface area contributed by atoms with Gasteiger partial charge in [0.25, 0.3) is 0 Å². The molecule has 0 radical (unpaired) electrons. The van der Waals surface area contributed by atoms with E-state index in [2.05, 4.69) is 18.2 Å². The second kappa shape index (κ2) is 13.3. The molecule has 0 bridgehead atoms. The fourth-order valence-electron chi connectivity index (χ4n) is 2.12. The summed E-state index contributed by atoms with van der Waals surface area (Å²) in [4.78, 5) is 22.7. The van der Waals surface area contributed by atoms with Crippen molar-refractivity contribution >= 4 is 11.9 Å². The molecule has 0 aliphatic rings. The van der Waals surface area contributed by atoms with Gasteiger partial charge in [0.1, 0.15) is 0 Å². The zero-order valence-electron chi connectivity index (χ0n) is 14.1. The Hall–Kier alpha value is -1.36. The van der Waals surface area contributed by atoms with Gasteiger partial charge in [-0.1, -0.05) is 38.7 Å². The van der Waals surface area contributed by atoms with Crippen molar-refractivity contribution in [3.05, 3.63) is 12.7 Å². The van der Waals surface area contributed by atoms with E-state index in [9.17, 15) is 9.59 Å². The van der Waals surface area contributed by atoms with Gasteiger partial charge in [-0.15, -0.1) is 6.58 Å². The van der Waals surface area contributed by atoms with Crippen LogP contribution >= 0.6 is 0 Å². The zero-order chi connectivity index (χ0) is 16.8. The molecule has 5 heteroatoms. The minimum Gasteiger partial charge on any atom is -0.464 e. The number of ether oxygens (including phenoxy) is 3. The molecule has 2 unspecified atom stereocenters. The van der Waals surface area contributed by atoms with Crippen molar-refractivity contribution in [2.45, 2.75) is 77.6 Å². The third-order valence-electron chi connectivity index (χ3n) is 3.30. The van der Waals surface area contributed by atoms with Gasteiger partial charge in [-0.3, -0.25) is 4.79 Å². The molecule has 0 N–H and O–H groups in total. The van der Waals surface area contributed by atoms with Crippen LogP contribution in [0, 0.1) is 0 Å². The first-order valence-corrected chi connectivity index (χ1v) is 8.06. The largest absolute Gasteiger partial charge is 0.464 e. The van der Waals surface area contributed by atoms with E-state index >= 15 is 0 Å². The van der Waals surface area contributed by atoms with Gasteiger partial charge in [-0.25, -0.2) is 4.79 Å². The third-order valence-corrected chi connectivity index (χ3v) is 3.30. The predicted molar refractivity (Wildman–Crippen MR) is 85.3 cm³/mol. The van der Waals surface area contributed by atoms with Crippen LogP contribution in [-0.4, -0.2) is 31.4 Å². The van der Waals surface area contributed by atoms with Crippen molar-refractivity contribution in [3.8, 4) is 0 Å². The SMILES string of the molecule is C=CCCCC(CCCCCC)OC(OC(C)=O)C(=O)OC. The monoisotopic (exact) mass is 314 g/mol. The van der Waals surface area contributed by atoms with Crippen molar-refractivity contribution in [1.82, 2.24) is 0 Å². The Morgan fingerprint density at radius 3 is 2.36 bits per heavy atom. The summed E-state index contributed by atoms with van der Waals surface area (Å²) in [6.07, 6.45) is 8.43. The first kappa shape index (κ1) is 20.6. The highest BCUT2D eigenvalue weighted by Crippen LogP contribution is 2.17. The summed E-state index contributed by atoms with van der Waals surface area (Å²) in [6.45, 7) is 7.10. The number of rotatable bonds is 13. The molecule has 22 heavy (non-hydrogen) atoms. The number of allylic oxidation sites excluding steroid dienone is 1. The number of unbranched alkanes of at least 4 members (excludes halogenated alkanes) is 4. The molecular formula is C17H30O5. The molecule has 0 aliphatic carbocycles. The summed E-state index contributed by atoms with van der Waals surface area (Å²) < 4.78 is 15.2. The highest BCUT2D eigenvalue weighted by molar-refractivity contribution is 5.77. The highest BCUT2D eigenvalue weighted by atomic mass is 16.7. The molecule has 0 spiro atoms. The van der Waals surface area contributed by atoms with E-state index in [1.807, 2.05) is 6.08 Å². The van der Waals surface area contributed by atoms with Crippen LogP contribution in [0.4, 0.5) is 0 Å². The maximum Gasteiger partial charge on any atom is 0.376 e. The van der Waals surface area contributed by atoms with Crippen LogP contribution in [0.5, 0.6) is 0 Å². The molecule has 0 fully saturated rings. The topological polar surface area (TPSA) is 61.8 Å². The Morgan fingerprint density at radius 1 is 1.14 bits per heavy atom. The maximum atomic E-state index is 11.6. The number of carbonyl (C=O) groups is 2. The van der Waals surface area contributed by atoms with E-state index in [0.717, 1.165) is 38.5 Å². The lowest BCUT2D eigenvalue weighted by Gasteiger charge is -2.23. The minimum atomic E-state index is -1.28. The van der Waals surface area contributed by atoms with Crippen LogP contribution in [0.25, 0.3) is 0 Å². The van der Waals surface area contributed by atoms with Gasteiger partial charge in [0.2, 0.25) is 0 Å². The Balaban J connectivity index is 4.53. The van der Waals surface area contributed by atoms with Gasteiger partial charge in [0.05, 0.1) is 13.2 Å². The average molecular weight is 314 g/mol. The highest BCUT2D eigenvalue weighted by Gasteiger charge is 2.26. The van der Waals surface area contributed by atoms with Crippen LogP contribution in [0.1, 0.15) is 65.2 Å². The summed E-state index contributed by atoms with van der Waals surface area (Å²) >= 11 is 0. The van der Waals surface area contributed by atoms with Crippen LogP contribution in [0.2, 0.25) is 0 Å². The van der Waals surface area contributed by atoms with Gasteiger partial charge in [0, 0.05) is 6.92 Å². The normalized spacial score (nSPS) is 13.2. The molecule has 0 aromatic rings. The second-order valence-electron chi connectivity index (χ2n) is 5.29. The molecular weight excluding hydrogens is 284 g/mol. The first-order chi connectivity index (χ1) is 10.5. The van der Waals surface area contributed by atoms with Gasteiger partial charge in [-0.2, -0.15) is 0 Å². The van der Waals surface area contributed by atoms with Gasteiger partial charge in [0.15, 0.2) is 0 Å². The number of methoxy groups -OCH3 is 1. The van der Waals surface area contributed by atoms with E-state index in [4.69, 9.17) is 9.47 Å². The second-order valence-corrected chi connectivity index (χ2v) is 5.29. The van der Waals surface area contributed by atoms with E-state index < -0.39 is 18.2 Å². The lowest BCUT2D eigenvalue weighted by atomic mass is 10.0. The number of esters is 2. The molecule has 0 heterocycles. The number of hydrogen-bond acceptors (Lipinski definition) is 5. The fourth-order valence-corrected chi connectivity index (χ4v) is 2.12. The van der Waals surface area contributed by atoms with Crippen LogP contribution in [0.15, 0.2) is 12.7 Å². The van der Waals surface area contributed by atoms with Crippen molar-refractivity contribution in [2.24, 2.45) is 0 Å². The third kappa shape index (κ3) is 10.4. The quantitative estimate of drug-likeness (QED) is 0.224. The smallest absolute Gasteiger partial charge is 0.376 e. The lowest BCUT2D eigenvalue weighted by molar-refractivity contribution is -0.208. The van der Waals surface area contributed by atoms with Crippen molar-refractivity contribution < 1.29 is 23.8 Å². The molecule has 0 aromatic heterocycles. The van der Waals surface area contributed by atoms with Gasteiger partial charge in [-0.05, 0) is 25.7 Å². The summed E-state index contributed by atoms with van der Waals surface area (Å²) in [7, 11) is 1.25. The lowest BCUT2D eigenvalue weighted by Crippen LogP contribution is -2.34. The summed E-state index contributed by atoms with van der Waals surface area (Å²) in [5, 5.41) is 0. The Kier molecular flexibility index (Phi) is 12.5. The van der Waals surface area contributed by atoms with E-state index in [0.29, 0.717) is 0 Å². The maximum absolute atomic E-state index is 11.6. The average Bonchev–Trinajstić information content (AvgIpc) is 2.49. The summed E-state index contributed by atoms with van der Waals surface area (Å²) in [6, 6.07) is 0. The molecule has 5 nitrogen and oxygen atoms in total. The van der Waals surface area contributed by atoms with Crippen molar-refractivity contribution in [3.63, 3.8) is 0 Å². The molecule has 0 aromatic carbocycles. The van der Waals surface area contributed by atoms with E-state index in [1.165, 1.54) is 26.9 Å². The molecule has 0 saturated carbocycles. The predicted octanol–water partition coefficient (Wildman–Crippen LogP) is 3.76. The van der Waals surface area contributed by atoms with Gasteiger partial charge < -0.3 is 14.2 Å². The molecule has 128 valence electrons. The van der Waals surface area contributed by atoms with Crippen LogP contribution < -0.4 is 0 Å². The standard InChI is InChI=1S/C17H30O5/c1-5-7-9-11-13-15(12-10-8-6-2)22-17(16(19)20-4)21-14(3)18/h6,15,17H,2,5,7-13H2,1,3-4H3. The van der Waals surface area contributed by atoms with Crippen LogP contribution in [-0.2, 0) is 23.8 Å². The minimum absolute atomic E-state index is 0.125. The van der Waals surface area contributed by atoms with Gasteiger partial charge >= 0.3 is 18.2 Å². The van der Waals surface area contributed by atoms with Crippen molar-refractivity contribution in [2.75, 3.05) is 7.11 Å². The fraction of sp³-hybridized carbons (Fsp3) is 0.765. The summed E-state index contributed by atoms with van der Waals surface area (Å²) in [5.74, 6) is -1.25. The molecule has 0 aliphatic heterocycles. The number of hydrogen-bond donors (Lipinski definition) is 0.